The molecule has 0 N–H and O–H groups in total. The van der Waals surface area contributed by atoms with E-state index in [2.05, 4.69) is 0 Å². The quantitative estimate of drug-likeness (QED) is 0.246. The summed E-state index contributed by atoms with van der Waals surface area (Å²) < 4.78 is 62.4. The summed E-state index contributed by atoms with van der Waals surface area (Å²) in [5.41, 5.74) is 2.65. The van der Waals surface area contributed by atoms with Crippen LogP contribution in [0.2, 0.25) is 0 Å². The van der Waals surface area contributed by atoms with Crippen LogP contribution in [0.3, 0.4) is 0 Å². The van der Waals surface area contributed by atoms with Crippen molar-refractivity contribution in [2.45, 2.75) is 102 Å². The Kier molecular flexibility index (Phi) is 12.3. The van der Waals surface area contributed by atoms with Gasteiger partial charge in [-0.05, 0) is 18.1 Å². The normalized spacial score (nSPS) is 32.4. The summed E-state index contributed by atoms with van der Waals surface area (Å²) in [5.74, 6) is -1.22. The SMILES string of the molecule is CO[C@@H]1O[C@@H](C)[C@H](OCc2ccccc2)[C@@H](O[C@H]2O[C@@H]3CO[C@H](c4ccccc4)O[C@@H]3[C@H](OC(C)=O)[C@H]2OC(C)=O)[C@H]1OCc1ccccc1. The van der Waals surface area contributed by atoms with Crippen LogP contribution in [-0.4, -0.2) is 87.1 Å². The molecule has 268 valence electrons. The van der Waals surface area contributed by atoms with Crippen molar-refractivity contribution in [2.75, 3.05) is 13.7 Å². The Hall–Kier alpha value is -3.72. The highest BCUT2D eigenvalue weighted by atomic mass is 16.8. The van der Waals surface area contributed by atoms with E-state index in [9.17, 15) is 9.59 Å². The van der Waals surface area contributed by atoms with Gasteiger partial charge in [-0.1, -0.05) is 91.0 Å². The lowest BCUT2D eigenvalue weighted by atomic mass is 9.95. The van der Waals surface area contributed by atoms with Crippen LogP contribution in [0.4, 0.5) is 0 Å². The number of hydrogen-bond donors (Lipinski definition) is 0. The van der Waals surface area contributed by atoms with Gasteiger partial charge >= 0.3 is 11.9 Å². The molecule has 0 saturated carbocycles. The number of carbonyl (C=O) groups excluding carboxylic acids is 2. The molecule has 3 heterocycles. The average Bonchev–Trinajstić information content (AvgIpc) is 3.12. The van der Waals surface area contributed by atoms with Gasteiger partial charge in [-0.3, -0.25) is 9.59 Å². The maximum absolute atomic E-state index is 12.6. The molecular formula is C38H44O12. The van der Waals surface area contributed by atoms with Crippen LogP contribution in [0.25, 0.3) is 0 Å². The molecule has 0 spiro atoms. The van der Waals surface area contributed by atoms with E-state index in [4.69, 9.17) is 47.4 Å². The summed E-state index contributed by atoms with van der Waals surface area (Å²) in [6.07, 6.45) is -9.73. The van der Waals surface area contributed by atoms with Crippen LogP contribution < -0.4 is 0 Å². The molecule has 12 nitrogen and oxygen atoms in total. The number of rotatable bonds is 12. The standard InChI is InChI=1S/C38H44O12/c1-23-30(42-20-26-14-8-5-9-15-26)32(34(37(41-4)45-23)43-21-27-16-10-6-11-17-27)50-38-35(47-25(3)40)33(46-24(2)39)31-29(48-38)22-44-36(49-31)28-18-12-7-13-19-28/h5-19,23,29-38H,20-22H2,1-4H3/t23-,29+,30-,31-,32+,33-,34+,35+,36-,37+,38+/m0/s1. The van der Waals surface area contributed by atoms with Gasteiger partial charge in [0.1, 0.15) is 30.5 Å². The van der Waals surface area contributed by atoms with Gasteiger partial charge in [-0.15, -0.1) is 0 Å². The minimum absolute atomic E-state index is 0.0847. The number of ether oxygens (including phenoxy) is 10. The van der Waals surface area contributed by atoms with Gasteiger partial charge in [0.25, 0.3) is 0 Å². The van der Waals surface area contributed by atoms with E-state index in [0.29, 0.717) is 0 Å². The minimum Gasteiger partial charge on any atom is -0.455 e. The smallest absolute Gasteiger partial charge is 0.303 e. The van der Waals surface area contributed by atoms with E-state index >= 15 is 0 Å². The number of esters is 2. The van der Waals surface area contributed by atoms with Gasteiger partial charge in [0.05, 0.1) is 25.9 Å². The highest BCUT2D eigenvalue weighted by Gasteiger charge is 2.57. The zero-order chi connectivity index (χ0) is 35.0. The maximum Gasteiger partial charge on any atom is 0.303 e. The highest BCUT2D eigenvalue weighted by Crippen LogP contribution is 2.39. The Morgan fingerprint density at radius 2 is 1.22 bits per heavy atom. The lowest BCUT2D eigenvalue weighted by Crippen LogP contribution is -2.67. The molecule has 0 unspecified atom stereocenters. The summed E-state index contributed by atoms with van der Waals surface area (Å²) in [6, 6.07) is 28.8. The fourth-order valence-electron chi connectivity index (χ4n) is 6.49. The first-order chi connectivity index (χ1) is 24.3. The van der Waals surface area contributed by atoms with Crippen LogP contribution in [0.15, 0.2) is 91.0 Å². The van der Waals surface area contributed by atoms with Crippen molar-refractivity contribution in [1.82, 2.24) is 0 Å². The Morgan fingerprint density at radius 1 is 0.660 bits per heavy atom. The summed E-state index contributed by atoms with van der Waals surface area (Å²) in [6.45, 7) is 4.97. The van der Waals surface area contributed by atoms with Gasteiger partial charge in [0.2, 0.25) is 0 Å². The van der Waals surface area contributed by atoms with E-state index in [1.165, 1.54) is 21.0 Å². The number of methoxy groups -OCH3 is 1. The maximum atomic E-state index is 12.6. The second-order valence-corrected chi connectivity index (χ2v) is 12.4. The summed E-state index contributed by atoms with van der Waals surface area (Å²) >= 11 is 0. The third kappa shape index (κ3) is 8.76. The largest absolute Gasteiger partial charge is 0.455 e. The lowest BCUT2D eigenvalue weighted by molar-refractivity contribution is -0.388. The van der Waals surface area contributed by atoms with Crippen LogP contribution >= 0.6 is 0 Å². The third-order valence-corrected chi connectivity index (χ3v) is 8.78. The summed E-state index contributed by atoms with van der Waals surface area (Å²) in [4.78, 5) is 25.1. The second-order valence-electron chi connectivity index (χ2n) is 12.4. The van der Waals surface area contributed by atoms with E-state index in [0.717, 1.165) is 16.7 Å². The van der Waals surface area contributed by atoms with Gasteiger partial charge in [0.15, 0.2) is 31.1 Å². The van der Waals surface area contributed by atoms with E-state index in [1.54, 1.807) is 0 Å². The molecule has 3 saturated heterocycles. The van der Waals surface area contributed by atoms with Crippen molar-refractivity contribution >= 4 is 11.9 Å². The molecule has 3 aliphatic rings. The molecule has 3 aromatic carbocycles. The van der Waals surface area contributed by atoms with Crippen molar-refractivity contribution in [3.05, 3.63) is 108 Å². The van der Waals surface area contributed by atoms with Crippen molar-refractivity contribution in [2.24, 2.45) is 0 Å². The average molecular weight is 693 g/mol. The summed E-state index contributed by atoms with van der Waals surface area (Å²) in [7, 11) is 1.53. The highest BCUT2D eigenvalue weighted by molar-refractivity contribution is 5.67. The van der Waals surface area contributed by atoms with Crippen LogP contribution in [0.5, 0.6) is 0 Å². The Morgan fingerprint density at radius 3 is 1.80 bits per heavy atom. The minimum atomic E-state index is -1.26. The molecule has 12 heteroatoms. The monoisotopic (exact) mass is 692 g/mol. The zero-order valence-corrected chi connectivity index (χ0v) is 28.5. The van der Waals surface area contributed by atoms with Gasteiger partial charge in [0, 0.05) is 26.5 Å². The Bertz CT molecular complexity index is 1510. The topological polar surface area (TPSA) is 126 Å². The number of benzene rings is 3. The molecule has 0 amide bonds. The predicted molar refractivity (Wildman–Crippen MR) is 176 cm³/mol. The van der Waals surface area contributed by atoms with Crippen molar-refractivity contribution in [3.63, 3.8) is 0 Å². The molecule has 3 aliphatic heterocycles. The predicted octanol–water partition coefficient (Wildman–Crippen LogP) is 4.64. The molecular weight excluding hydrogens is 648 g/mol. The summed E-state index contributed by atoms with van der Waals surface area (Å²) in [5, 5.41) is 0. The van der Waals surface area contributed by atoms with Gasteiger partial charge < -0.3 is 47.4 Å². The molecule has 0 aliphatic carbocycles. The molecule has 3 fully saturated rings. The molecule has 6 rings (SSSR count). The molecule has 50 heavy (non-hydrogen) atoms. The van der Waals surface area contributed by atoms with Gasteiger partial charge in [-0.2, -0.15) is 0 Å². The Balaban J connectivity index is 1.32. The fraction of sp³-hybridized carbons (Fsp3) is 0.474. The second kappa shape index (κ2) is 17.0. The first-order valence-electron chi connectivity index (χ1n) is 16.8. The van der Waals surface area contributed by atoms with E-state index in [1.807, 2.05) is 97.9 Å². The van der Waals surface area contributed by atoms with Crippen LogP contribution in [0, 0.1) is 0 Å². The number of carbonyl (C=O) groups is 2. The lowest BCUT2D eigenvalue weighted by Gasteiger charge is -2.50. The van der Waals surface area contributed by atoms with E-state index < -0.39 is 79.6 Å². The number of fused-ring (bicyclic) bond motifs is 1. The van der Waals surface area contributed by atoms with Crippen molar-refractivity contribution < 1.29 is 57.0 Å². The zero-order valence-electron chi connectivity index (χ0n) is 28.5. The molecule has 0 aromatic heterocycles. The first-order valence-corrected chi connectivity index (χ1v) is 16.8. The molecule has 3 aromatic rings. The van der Waals surface area contributed by atoms with Gasteiger partial charge in [-0.25, -0.2) is 0 Å². The van der Waals surface area contributed by atoms with Crippen molar-refractivity contribution in [3.8, 4) is 0 Å². The fourth-order valence-corrected chi connectivity index (χ4v) is 6.49. The first kappa shape index (κ1) is 36.1. The van der Waals surface area contributed by atoms with Crippen molar-refractivity contribution in [1.29, 1.82) is 0 Å². The third-order valence-electron chi connectivity index (χ3n) is 8.78. The van der Waals surface area contributed by atoms with Crippen LogP contribution in [0.1, 0.15) is 43.8 Å². The molecule has 0 radical (unpaired) electrons. The molecule has 0 bridgehead atoms. The number of hydrogen-bond acceptors (Lipinski definition) is 12. The van der Waals surface area contributed by atoms with Crippen LogP contribution in [-0.2, 0) is 70.2 Å². The Labute approximate surface area is 291 Å². The molecule has 11 atom stereocenters. The van der Waals surface area contributed by atoms with E-state index in [-0.39, 0.29) is 19.8 Å².